The van der Waals surface area contributed by atoms with E-state index in [-0.39, 0.29) is 24.4 Å². The van der Waals surface area contributed by atoms with Gasteiger partial charge < -0.3 is 20.9 Å². The zero-order chi connectivity index (χ0) is 21.2. The fourth-order valence-electron chi connectivity index (χ4n) is 4.20. The van der Waals surface area contributed by atoms with E-state index < -0.39 is 0 Å². The molecule has 1 atom stereocenters. The Morgan fingerprint density at radius 2 is 1.83 bits per heavy atom. The van der Waals surface area contributed by atoms with Gasteiger partial charge in [0.15, 0.2) is 5.96 Å². The van der Waals surface area contributed by atoms with Gasteiger partial charge in [0.05, 0.1) is 0 Å². The first-order valence-electron chi connectivity index (χ1n) is 11.3. The summed E-state index contributed by atoms with van der Waals surface area (Å²) in [7, 11) is 0. The van der Waals surface area contributed by atoms with Gasteiger partial charge in [-0.1, -0.05) is 49.6 Å². The molecule has 3 N–H and O–H groups in total. The van der Waals surface area contributed by atoms with Crippen LogP contribution in [0.4, 0.5) is 0 Å². The molecule has 1 unspecified atom stereocenters. The Morgan fingerprint density at radius 3 is 2.57 bits per heavy atom. The number of hydrogen-bond acceptors (Lipinski definition) is 3. The second kappa shape index (κ2) is 11.6. The third-order valence-electron chi connectivity index (χ3n) is 5.85. The molecule has 0 radical (unpaired) electrons. The molecule has 30 heavy (non-hydrogen) atoms. The number of likely N-dealkylation sites (tertiary alicyclic amines) is 1. The van der Waals surface area contributed by atoms with E-state index in [4.69, 9.17) is 0 Å². The number of carbonyl (C=O) groups excluding carboxylic acids is 2. The smallest absolute Gasteiger partial charge is 0.242 e. The van der Waals surface area contributed by atoms with Crippen molar-refractivity contribution < 1.29 is 9.59 Å². The summed E-state index contributed by atoms with van der Waals surface area (Å²) in [5, 5.41) is 9.49. The molecule has 7 heteroatoms. The van der Waals surface area contributed by atoms with Crippen LogP contribution >= 0.6 is 0 Å². The molecule has 1 heterocycles. The summed E-state index contributed by atoms with van der Waals surface area (Å²) in [6.45, 7) is 4.79. The lowest BCUT2D eigenvalue weighted by Gasteiger charge is -2.26. The highest BCUT2D eigenvalue weighted by Gasteiger charge is 2.31. The molecule has 1 aromatic carbocycles. The minimum Gasteiger partial charge on any atom is -0.357 e. The molecule has 2 fully saturated rings. The highest BCUT2D eigenvalue weighted by atomic mass is 16.2. The molecule has 0 aromatic heterocycles. The minimum atomic E-state index is -0.114. The molecule has 2 aliphatic rings. The fraction of sp³-hybridized carbons (Fsp3) is 0.609. The van der Waals surface area contributed by atoms with E-state index in [1.807, 2.05) is 42.2 Å². The maximum absolute atomic E-state index is 12.8. The second-order valence-corrected chi connectivity index (χ2v) is 8.21. The summed E-state index contributed by atoms with van der Waals surface area (Å²) in [4.78, 5) is 31.3. The van der Waals surface area contributed by atoms with Crippen molar-refractivity contribution in [1.82, 2.24) is 20.9 Å². The zero-order valence-electron chi connectivity index (χ0n) is 18.0. The molecule has 1 aromatic rings. The van der Waals surface area contributed by atoms with Gasteiger partial charge >= 0.3 is 0 Å². The van der Waals surface area contributed by atoms with Crippen LogP contribution in [0.1, 0.15) is 51.0 Å². The molecule has 2 amide bonds. The summed E-state index contributed by atoms with van der Waals surface area (Å²) in [5.74, 6) is 1.05. The monoisotopic (exact) mass is 413 g/mol. The van der Waals surface area contributed by atoms with Crippen LogP contribution in [0.2, 0.25) is 0 Å². The number of amides is 2. The van der Waals surface area contributed by atoms with Crippen LogP contribution in [-0.4, -0.2) is 54.9 Å². The van der Waals surface area contributed by atoms with Gasteiger partial charge in [0.1, 0.15) is 6.54 Å². The molecule has 0 bridgehead atoms. The van der Waals surface area contributed by atoms with Crippen LogP contribution in [0.5, 0.6) is 0 Å². The average Bonchev–Trinajstić information content (AvgIpc) is 3.25. The molecular formula is C23H35N5O2. The first-order valence-corrected chi connectivity index (χ1v) is 11.3. The first-order chi connectivity index (χ1) is 14.7. The molecule has 1 aliphatic carbocycles. The largest absolute Gasteiger partial charge is 0.357 e. The molecule has 1 saturated carbocycles. The van der Waals surface area contributed by atoms with Crippen LogP contribution in [0.15, 0.2) is 35.3 Å². The lowest BCUT2D eigenvalue weighted by atomic mass is 9.88. The Labute approximate surface area is 179 Å². The van der Waals surface area contributed by atoms with E-state index in [0.717, 1.165) is 37.9 Å². The van der Waals surface area contributed by atoms with E-state index in [9.17, 15) is 9.59 Å². The van der Waals surface area contributed by atoms with Crippen LogP contribution < -0.4 is 16.0 Å². The Morgan fingerprint density at radius 1 is 1.07 bits per heavy atom. The summed E-state index contributed by atoms with van der Waals surface area (Å²) in [6.07, 6.45) is 6.59. The van der Waals surface area contributed by atoms with E-state index in [1.165, 1.54) is 19.3 Å². The maximum atomic E-state index is 12.8. The predicted octanol–water partition coefficient (Wildman–Crippen LogP) is 2.04. The molecule has 7 nitrogen and oxygen atoms in total. The topological polar surface area (TPSA) is 85.8 Å². The minimum absolute atomic E-state index is 0.0691. The highest BCUT2D eigenvalue weighted by molar-refractivity contribution is 5.85. The van der Waals surface area contributed by atoms with Crippen LogP contribution in [0.3, 0.4) is 0 Å². The van der Waals surface area contributed by atoms with Crippen molar-refractivity contribution in [1.29, 1.82) is 0 Å². The summed E-state index contributed by atoms with van der Waals surface area (Å²) >= 11 is 0. The lowest BCUT2D eigenvalue weighted by Crippen LogP contribution is -2.46. The third-order valence-corrected chi connectivity index (χ3v) is 5.85. The SMILES string of the molecule is CCNC(=NCC(=O)NCc1ccccc1)NC1CCN(C(=O)C2CCCCC2)C1. The van der Waals surface area contributed by atoms with Gasteiger partial charge in [0.25, 0.3) is 0 Å². The lowest BCUT2D eigenvalue weighted by molar-refractivity contribution is -0.135. The quantitative estimate of drug-likeness (QED) is 0.472. The van der Waals surface area contributed by atoms with Crippen molar-refractivity contribution in [2.24, 2.45) is 10.9 Å². The van der Waals surface area contributed by atoms with Crippen LogP contribution in [-0.2, 0) is 16.1 Å². The predicted molar refractivity (Wildman–Crippen MR) is 119 cm³/mol. The normalized spacial score (nSPS) is 20.1. The zero-order valence-corrected chi connectivity index (χ0v) is 18.0. The van der Waals surface area contributed by atoms with Crippen molar-refractivity contribution in [3.8, 4) is 0 Å². The molecule has 1 aliphatic heterocycles. The number of nitrogens with one attached hydrogen (secondary N) is 3. The third kappa shape index (κ3) is 6.75. The Balaban J connectivity index is 1.45. The number of nitrogens with zero attached hydrogens (tertiary/aromatic N) is 2. The molecule has 1 saturated heterocycles. The van der Waals surface area contributed by atoms with Gasteiger partial charge in [-0.05, 0) is 31.7 Å². The molecular weight excluding hydrogens is 378 g/mol. The Kier molecular flexibility index (Phi) is 8.53. The van der Waals surface area contributed by atoms with Crippen molar-refractivity contribution in [2.45, 2.75) is 58.0 Å². The van der Waals surface area contributed by atoms with E-state index in [0.29, 0.717) is 25.0 Å². The van der Waals surface area contributed by atoms with Crippen molar-refractivity contribution in [2.75, 3.05) is 26.2 Å². The summed E-state index contributed by atoms with van der Waals surface area (Å²) in [6, 6.07) is 10.00. The van der Waals surface area contributed by atoms with E-state index in [1.54, 1.807) is 0 Å². The first kappa shape index (κ1) is 22.1. The van der Waals surface area contributed by atoms with Gasteiger partial charge in [-0.2, -0.15) is 0 Å². The number of rotatable bonds is 7. The van der Waals surface area contributed by atoms with Gasteiger partial charge in [-0.25, -0.2) is 4.99 Å². The van der Waals surface area contributed by atoms with Gasteiger partial charge in [-0.3, -0.25) is 9.59 Å². The Bertz CT molecular complexity index is 716. The number of carbonyl (C=O) groups is 2. The van der Waals surface area contributed by atoms with Crippen LogP contribution in [0.25, 0.3) is 0 Å². The highest BCUT2D eigenvalue weighted by Crippen LogP contribution is 2.26. The number of hydrogen-bond donors (Lipinski definition) is 3. The summed E-state index contributed by atoms with van der Waals surface area (Å²) in [5.41, 5.74) is 1.06. The fourth-order valence-corrected chi connectivity index (χ4v) is 4.20. The summed E-state index contributed by atoms with van der Waals surface area (Å²) < 4.78 is 0. The Hall–Kier alpha value is -2.57. The van der Waals surface area contributed by atoms with Gasteiger partial charge in [-0.15, -0.1) is 0 Å². The maximum Gasteiger partial charge on any atom is 0.242 e. The van der Waals surface area contributed by atoms with Gasteiger partial charge in [0, 0.05) is 38.1 Å². The number of guanidine groups is 1. The van der Waals surface area contributed by atoms with E-state index in [2.05, 4.69) is 20.9 Å². The average molecular weight is 414 g/mol. The molecule has 3 rings (SSSR count). The van der Waals surface area contributed by atoms with Crippen LogP contribution in [0, 0.1) is 5.92 Å². The van der Waals surface area contributed by atoms with Crippen molar-refractivity contribution in [3.05, 3.63) is 35.9 Å². The second-order valence-electron chi connectivity index (χ2n) is 8.21. The molecule has 0 spiro atoms. The standard InChI is InChI=1S/C23H35N5O2/c1-2-24-23(26-16-21(29)25-15-18-9-5-3-6-10-18)27-20-13-14-28(17-20)22(30)19-11-7-4-8-12-19/h3,5-6,9-10,19-20H,2,4,7-8,11-17H2,1H3,(H,25,29)(H2,24,26,27). The number of aliphatic imine (C=N–C) groups is 1. The number of benzene rings is 1. The van der Waals surface area contributed by atoms with E-state index >= 15 is 0 Å². The van der Waals surface area contributed by atoms with Crippen molar-refractivity contribution >= 4 is 17.8 Å². The van der Waals surface area contributed by atoms with Crippen molar-refractivity contribution in [3.63, 3.8) is 0 Å². The van der Waals surface area contributed by atoms with Gasteiger partial charge in [0.2, 0.25) is 11.8 Å². The molecule has 164 valence electrons.